The average Bonchev–Trinajstić information content (AvgIpc) is 3.11. The number of hydrogen-bond acceptors (Lipinski definition) is 5. The first-order chi connectivity index (χ1) is 12.1. The van der Waals surface area contributed by atoms with E-state index in [-0.39, 0.29) is 12.3 Å². The summed E-state index contributed by atoms with van der Waals surface area (Å²) < 4.78 is 27.2. The fraction of sp³-hybridized carbons (Fsp3) is 0.588. The Balaban J connectivity index is 1.55. The number of rotatable bonds is 6. The monoisotopic (exact) mass is 383 g/mol. The molecule has 0 saturated carbocycles. The quantitative estimate of drug-likeness (QED) is 0.730. The highest BCUT2D eigenvalue weighted by atomic mass is 32.2. The molecule has 1 saturated heterocycles. The lowest BCUT2D eigenvalue weighted by Gasteiger charge is -2.25. The fourth-order valence-corrected chi connectivity index (χ4v) is 6.11. The first kappa shape index (κ1) is 18.6. The summed E-state index contributed by atoms with van der Waals surface area (Å²) in [5.74, 6) is -0.0665. The maximum atomic E-state index is 12.6. The smallest absolute Gasteiger partial charge is 0.252 e. The molecule has 0 aliphatic carbocycles. The van der Waals surface area contributed by atoms with Gasteiger partial charge in [0.25, 0.3) is 10.0 Å². The van der Waals surface area contributed by atoms with Crippen molar-refractivity contribution in [2.24, 2.45) is 0 Å². The fourth-order valence-electron chi connectivity index (χ4n) is 3.09. The number of hydrogen-bond donors (Lipinski definition) is 2. The van der Waals surface area contributed by atoms with Crippen molar-refractivity contribution in [2.45, 2.75) is 36.3 Å². The van der Waals surface area contributed by atoms with E-state index in [1.165, 1.54) is 16.9 Å². The van der Waals surface area contributed by atoms with E-state index in [4.69, 9.17) is 0 Å². The lowest BCUT2D eigenvalue weighted by atomic mass is 10.1. The van der Waals surface area contributed by atoms with Crippen molar-refractivity contribution in [1.29, 1.82) is 0 Å². The second-order valence-corrected chi connectivity index (χ2v) is 9.79. The van der Waals surface area contributed by atoms with Crippen LogP contribution in [-0.2, 0) is 21.2 Å². The van der Waals surface area contributed by atoms with Crippen molar-refractivity contribution in [3.63, 3.8) is 0 Å². The maximum Gasteiger partial charge on any atom is 0.252 e. The van der Waals surface area contributed by atoms with Crippen molar-refractivity contribution in [2.75, 3.05) is 32.7 Å². The predicted molar refractivity (Wildman–Crippen MR) is 99.2 cm³/mol. The third-order valence-corrected chi connectivity index (χ3v) is 8.00. The van der Waals surface area contributed by atoms with Crippen LogP contribution in [0.5, 0.6) is 0 Å². The predicted octanol–water partition coefficient (Wildman–Crippen LogP) is 1.50. The van der Waals surface area contributed by atoms with E-state index >= 15 is 0 Å². The lowest BCUT2D eigenvalue weighted by molar-refractivity contribution is -0.120. The van der Waals surface area contributed by atoms with Gasteiger partial charge in [-0.3, -0.25) is 4.79 Å². The van der Waals surface area contributed by atoms with Crippen LogP contribution in [0.1, 0.15) is 30.6 Å². The van der Waals surface area contributed by atoms with Gasteiger partial charge in [-0.05, 0) is 37.9 Å². The first-order valence-corrected chi connectivity index (χ1v) is 11.1. The van der Waals surface area contributed by atoms with Crippen LogP contribution in [-0.4, -0.2) is 51.4 Å². The highest BCUT2D eigenvalue weighted by molar-refractivity contribution is 7.91. The minimum Gasteiger partial charge on any atom is -0.352 e. The number of carbonyl (C=O) groups is 1. The number of piperidine rings is 1. The van der Waals surface area contributed by atoms with Crippen LogP contribution in [0.25, 0.3) is 0 Å². The number of sulfonamides is 1. The average molecular weight is 384 g/mol. The summed E-state index contributed by atoms with van der Waals surface area (Å²) in [6, 6.07) is 3.39. The summed E-state index contributed by atoms with van der Waals surface area (Å²) >= 11 is 1.21. The van der Waals surface area contributed by atoms with E-state index in [0.29, 0.717) is 23.8 Å². The van der Waals surface area contributed by atoms with Gasteiger partial charge in [-0.1, -0.05) is 18.1 Å². The van der Waals surface area contributed by atoms with Gasteiger partial charge in [0.05, 0.1) is 6.42 Å². The molecule has 0 radical (unpaired) electrons. The Morgan fingerprint density at radius 2 is 2.04 bits per heavy atom. The number of thiophene rings is 1. The number of carbonyl (C=O) groups excluding carboxylic acids is 1. The van der Waals surface area contributed by atoms with Crippen LogP contribution in [0.2, 0.25) is 0 Å². The molecule has 1 fully saturated rings. The molecule has 2 aliphatic heterocycles. The zero-order valence-electron chi connectivity index (χ0n) is 14.3. The second kappa shape index (κ2) is 8.44. The summed E-state index contributed by atoms with van der Waals surface area (Å²) in [6.07, 6.45) is 6.23. The van der Waals surface area contributed by atoms with Crippen LogP contribution in [0.4, 0.5) is 0 Å². The second-order valence-electron chi connectivity index (χ2n) is 6.46. The molecule has 1 amide bonds. The third kappa shape index (κ3) is 4.91. The van der Waals surface area contributed by atoms with Crippen LogP contribution >= 0.6 is 11.3 Å². The molecule has 3 rings (SSSR count). The normalized spacial score (nSPS) is 19.4. The molecule has 138 valence electrons. The Kier molecular flexibility index (Phi) is 6.27. The SMILES string of the molecule is O=C(Cc1ccc(S(=O)(=O)N2CCCCC2)s1)NCC1=CCNCC1. The molecule has 0 bridgehead atoms. The largest absolute Gasteiger partial charge is 0.352 e. The Morgan fingerprint density at radius 3 is 2.76 bits per heavy atom. The molecule has 0 unspecified atom stereocenters. The van der Waals surface area contributed by atoms with Gasteiger partial charge in [0.2, 0.25) is 5.91 Å². The minimum absolute atomic E-state index is 0.0665. The summed E-state index contributed by atoms with van der Waals surface area (Å²) in [5.41, 5.74) is 1.24. The van der Waals surface area contributed by atoms with Gasteiger partial charge < -0.3 is 10.6 Å². The molecular weight excluding hydrogens is 358 g/mol. The molecular formula is C17H25N3O3S2. The standard InChI is InChI=1S/C17H25N3O3S2/c21-16(19-13-14-6-8-18-9-7-14)12-15-4-5-17(24-15)25(22,23)20-10-2-1-3-11-20/h4-6,18H,1-3,7-13H2,(H,19,21). The van der Waals surface area contributed by atoms with E-state index in [1.54, 1.807) is 16.4 Å². The summed E-state index contributed by atoms with van der Waals surface area (Å²) in [5, 5.41) is 6.16. The van der Waals surface area contributed by atoms with Gasteiger partial charge in [0.15, 0.2) is 0 Å². The van der Waals surface area contributed by atoms with Gasteiger partial charge in [-0.15, -0.1) is 11.3 Å². The Morgan fingerprint density at radius 1 is 1.24 bits per heavy atom. The third-order valence-electron chi connectivity index (χ3n) is 4.55. The summed E-state index contributed by atoms with van der Waals surface area (Å²) in [4.78, 5) is 12.9. The van der Waals surface area contributed by atoms with Crippen molar-refractivity contribution < 1.29 is 13.2 Å². The molecule has 0 aromatic carbocycles. The Bertz CT molecular complexity index is 734. The highest BCUT2D eigenvalue weighted by Crippen LogP contribution is 2.27. The van der Waals surface area contributed by atoms with E-state index < -0.39 is 10.0 Å². The number of nitrogens with one attached hydrogen (secondary N) is 2. The summed E-state index contributed by atoms with van der Waals surface area (Å²) in [7, 11) is -3.40. The molecule has 2 aliphatic rings. The Hall–Kier alpha value is -1.22. The highest BCUT2D eigenvalue weighted by Gasteiger charge is 2.27. The molecule has 1 aromatic heterocycles. The molecule has 1 aromatic rings. The topological polar surface area (TPSA) is 78.5 Å². The molecule has 0 atom stereocenters. The number of nitrogens with zero attached hydrogens (tertiary/aromatic N) is 1. The van der Waals surface area contributed by atoms with Crippen molar-refractivity contribution in [3.05, 3.63) is 28.7 Å². The first-order valence-electron chi connectivity index (χ1n) is 8.80. The van der Waals surface area contributed by atoms with Gasteiger partial charge in [-0.25, -0.2) is 8.42 Å². The molecule has 3 heterocycles. The van der Waals surface area contributed by atoms with Gasteiger partial charge in [0.1, 0.15) is 4.21 Å². The van der Waals surface area contributed by atoms with Crippen LogP contribution in [0, 0.1) is 0 Å². The maximum absolute atomic E-state index is 12.6. The zero-order valence-corrected chi connectivity index (χ0v) is 15.9. The van der Waals surface area contributed by atoms with Crippen LogP contribution in [0.3, 0.4) is 0 Å². The summed E-state index contributed by atoms with van der Waals surface area (Å²) in [6.45, 7) is 3.57. The van der Waals surface area contributed by atoms with E-state index in [9.17, 15) is 13.2 Å². The van der Waals surface area contributed by atoms with E-state index in [0.717, 1.165) is 43.6 Å². The minimum atomic E-state index is -3.40. The van der Waals surface area contributed by atoms with E-state index in [1.807, 2.05) is 0 Å². The van der Waals surface area contributed by atoms with Crippen molar-refractivity contribution in [3.8, 4) is 0 Å². The van der Waals surface area contributed by atoms with Gasteiger partial charge in [0, 0.05) is 31.1 Å². The zero-order chi connectivity index (χ0) is 17.7. The van der Waals surface area contributed by atoms with Gasteiger partial charge in [-0.2, -0.15) is 4.31 Å². The van der Waals surface area contributed by atoms with Crippen molar-refractivity contribution >= 4 is 27.3 Å². The Labute approximate surface area is 153 Å². The van der Waals surface area contributed by atoms with E-state index in [2.05, 4.69) is 16.7 Å². The van der Waals surface area contributed by atoms with Crippen LogP contribution < -0.4 is 10.6 Å². The lowest BCUT2D eigenvalue weighted by Crippen LogP contribution is -2.35. The van der Waals surface area contributed by atoms with Crippen molar-refractivity contribution in [1.82, 2.24) is 14.9 Å². The molecule has 6 nitrogen and oxygen atoms in total. The van der Waals surface area contributed by atoms with Gasteiger partial charge >= 0.3 is 0 Å². The van der Waals surface area contributed by atoms with Crippen LogP contribution in [0.15, 0.2) is 28.0 Å². The molecule has 25 heavy (non-hydrogen) atoms. The number of amides is 1. The molecule has 2 N–H and O–H groups in total. The molecule has 8 heteroatoms. The molecule has 0 spiro atoms.